The average Bonchev–Trinajstić information content (AvgIpc) is 2.81. The molecule has 1 heterocycles. The van der Waals surface area contributed by atoms with Crippen LogP contribution in [0.25, 0.3) is 16.8 Å². The summed E-state index contributed by atoms with van der Waals surface area (Å²) in [5.74, 6) is -0.963. The molecule has 0 radical (unpaired) electrons. The molecule has 0 aliphatic carbocycles. The summed E-state index contributed by atoms with van der Waals surface area (Å²) in [6, 6.07) is 9.88. The van der Waals surface area contributed by atoms with E-state index in [0.717, 1.165) is 22.5 Å². The van der Waals surface area contributed by atoms with Crippen LogP contribution in [0.3, 0.4) is 0 Å². The molecule has 25 heavy (non-hydrogen) atoms. The average molecular weight is 396 g/mol. The van der Waals surface area contributed by atoms with Gasteiger partial charge in [-0.3, -0.25) is 0 Å². The second-order valence-corrected chi connectivity index (χ2v) is 6.81. The van der Waals surface area contributed by atoms with Crippen molar-refractivity contribution in [3.8, 4) is 16.8 Å². The molecule has 0 fully saturated rings. The molecule has 1 N–H and O–H groups in total. The highest BCUT2D eigenvalue weighted by Gasteiger charge is 2.19. The Bertz CT molecular complexity index is 956. The molecule has 0 amide bonds. The van der Waals surface area contributed by atoms with E-state index < -0.39 is 5.97 Å². The number of nitrogens with zero attached hydrogens (tertiary/aromatic N) is 2. The zero-order valence-electron chi connectivity index (χ0n) is 13.3. The molecular weight excluding hydrogens is 383 g/mol. The molecule has 4 nitrogen and oxygen atoms in total. The molecule has 0 atom stereocenters. The predicted molar refractivity (Wildman–Crippen MR) is 100 cm³/mol. The number of rotatable bonds is 3. The van der Waals surface area contributed by atoms with Gasteiger partial charge in [0, 0.05) is 16.3 Å². The Balaban J connectivity index is 2.15. The van der Waals surface area contributed by atoms with Crippen LogP contribution in [-0.2, 0) is 0 Å². The number of carboxylic acid groups (broad SMARTS) is 1. The highest BCUT2D eigenvalue weighted by Crippen LogP contribution is 2.36. The highest BCUT2D eigenvalue weighted by molar-refractivity contribution is 6.40. The number of aromatic nitrogens is 2. The lowest BCUT2D eigenvalue weighted by atomic mass is 10.0. The van der Waals surface area contributed by atoms with Crippen molar-refractivity contribution in [1.29, 1.82) is 0 Å². The Morgan fingerprint density at radius 3 is 2.12 bits per heavy atom. The minimum Gasteiger partial charge on any atom is -0.478 e. The number of benzene rings is 2. The van der Waals surface area contributed by atoms with Crippen molar-refractivity contribution < 1.29 is 9.90 Å². The van der Waals surface area contributed by atoms with Crippen LogP contribution in [0.15, 0.2) is 36.4 Å². The Morgan fingerprint density at radius 1 is 1.04 bits per heavy atom. The lowest BCUT2D eigenvalue weighted by molar-refractivity contribution is 0.0697. The third-order valence-electron chi connectivity index (χ3n) is 3.91. The van der Waals surface area contributed by atoms with E-state index >= 15 is 0 Å². The number of carbonyl (C=O) groups is 1. The molecule has 2 aromatic carbocycles. The van der Waals surface area contributed by atoms with Crippen molar-refractivity contribution in [3.05, 3.63) is 68.4 Å². The van der Waals surface area contributed by atoms with E-state index in [9.17, 15) is 4.79 Å². The van der Waals surface area contributed by atoms with E-state index in [4.69, 9.17) is 39.9 Å². The Morgan fingerprint density at radius 2 is 1.60 bits per heavy atom. The lowest BCUT2D eigenvalue weighted by Crippen LogP contribution is -2.01. The molecule has 3 aromatic rings. The van der Waals surface area contributed by atoms with Gasteiger partial charge < -0.3 is 5.11 Å². The molecule has 0 unspecified atom stereocenters. The SMILES string of the molecule is Cc1nn(-c2c(Cl)cc(Cl)cc2Cl)c(C)c1-c1ccc(C(=O)O)cc1. The van der Waals surface area contributed by atoms with Gasteiger partial charge in [0.05, 0.1) is 21.3 Å². The summed E-state index contributed by atoms with van der Waals surface area (Å²) in [7, 11) is 0. The van der Waals surface area contributed by atoms with Crippen LogP contribution < -0.4 is 0 Å². The van der Waals surface area contributed by atoms with Crippen LogP contribution in [-0.4, -0.2) is 20.9 Å². The third kappa shape index (κ3) is 3.25. The zero-order valence-corrected chi connectivity index (χ0v) is 15.6. The quantitative estimate of drug-likeness (QED) is 0.608. The molecule has 1 aromatic heterocycles. The van der Waals surface area contributed by atoms with Crippen LogP contribution in [0.5, 0.6) is 0 Å². The summed E-state index contributed by atoms with van der Waals surface area (Å²) in [4.78, 5) is 11.0. The Kier molecular flexibility index (Phi) is 4.78. The molecule has 7 heteroatoms. The first-order chi connectivity index (χ1) is 11.8. The van der Waals surface area contributed by atoms with E-state index in [1.807, 2.05) is 13.8 Å². The van der Waals surface area contributed by atoms with Gasteiger partial charge in [-0.1, -0.05) is 46.9 Å². The first kappa shape index (κ1) is 17.8. The van der Waals surface area contributed by atoms with E-state index in [-0.39, 0.29) is 5.56 Å². The van der Waals surface area contributed by atoms with Gasteiger partial charge >= 0.3 is 5.97 Å². The molecule has 0 bridgehead atoms. The number of halogens is 3. The summed E-state index contributed by atoms with van der Waals surface area (Å²) in [6.45, 7) is 3.78. The molecule has 0 spiro atoms. The minimum absolute atomic E-state index is 0.232. The first-order valence-electron chi connectivity index (χ1n) is 7.34. The number of carboxylic acids is 1. The van der Waals surface area contributed by atoms with Gasteiger partial charge in [-0.15, -0.1) is 0 Å². The number of aromatic carboxylic acids is 1. The third-order valence-corrected chi connectivity index (χ3v) is 4.70. The molecule has 0 saturated heterocycles. The number of hydrogen-bond donors (Lipinski definition) is 1. The standard InChI is InChI=1S/C18H13Cl3N2O2/c1-9-16(11-3-5-12(6-4-11)18(24)25)10(2)23(22-9)17-14(20)7-13(19)8-15(17)21/h3-8H,1-2H3,(H,24,25). The molecule has 128 valence electrons. The van der Waals surface area contributed by atoms with E-state index in [2.05, 4.69) is 5.10 Å². The largest absolute Gasteiger partial charge is 0.478 e. The molecular formula is C18H13Cl3N2O2. The van der Waals surface area contributed by atoms with Crippen LogP contribution in [0.2, 0.25) is 15.1 Å². The topological polar surface area (TPSA) is 55.1 Å². The second kappa shape index (κ2) is 6.71. The maximum Gasteiger partial charge on any atom is 0.335 e. The summed E-state index contributed by atoms with van der Waals surface area (Å²) in [6.07, 6.45) is 0. The summed E-state index contributed by atoms with van der Waals surface area (Å²) in [5, 5.41) is 14.8. The van der Waals surface area contributed by atoms with Crippen molar-refractivity contribution in [2.24, 2.45) is 0 Å². The number of hydrogen-bond acceptors (Lipinski definition) is 2. The Hall–Kier alpha value is -2.01. The fourth-order valence-electron chi connectivity index (χ4n) is 2.79. The Labute approximate surface area is 159 Å². The number of aryl methyl sites for hydroxylation is 1. The first-order valence-corrected chi connectivity index (χ1v) is 8.48. The van der Waals surface area contributed by atoms with E-state index in [1.165, 1.54) is 0 Å². The highest BCUT2D eigenvalue weighted by atomic mass is 35.5. The molecule has 0 saturated carbocycles. The van der Waals surface area contributed by atoms with Gasteiger partial charge in [-0.2, -0.15) is 5.10 Å². The fraction of sp³-hybridized carbons (Fsp3) is 0.111. The molecule has 3 rings (SSSR count). The van der Waals surface area contributed by atoms with Crippen LogP contribution >= 0.6 is 34.8 Å². The maximum absolute atomic E-state index is 11.0. The summed E-state index contributed by atoms with van der Waals surface area (Å²) < 4.78 is 1.68. The minimum atomic E-state index is -0.963. The normalized spacial score (nSPS) is 10.9. The van der Waals surface area contributed by atoms with Gasteiger partial charge in [0.15, 0.2) is 0 Å². The zero-order chi connectivity index (χ0) is 18.3. The van der Waals surface area contributed by atoms with Gasteiger partial charge in [-0.25, -0.2) is 9.48 Å². The molecule has 0 aliphatic rings. The van der Waals surface area contributed by atoms with Crippen LogP contribution in [0, 0.1) is 13.8 Å². The molecule has 0 aliphatic heterocycles. The van der Waals surface area contributed by atoms with Gasteiger partial charge in [0.25, 0.3) is 0 Å². The van der Waals surface area contributed by atoms with Gasteiger partial charge in [-0.05, 0) is 43.7 Å². The van der Waals surface area contributed by atoms with Crippen LogP contribution in [0.4, 0.5) is 0 Å². The van der Waals surface area contributed by atoms with E-state index in [0.29, 0.717) is 20.8 Å². The summed E-state index contributed by atoms with van der Waals surface area (Å²) >= 11 is 18.6. The van der Waals surface area contributed by atoms with Gasteiger partial charge in [0.2, 0.25) is 0 Å². The van der Waals surface area contributed by atoms with Crippen molar-refractivity contribution in [3.63, 3.8) is 0 Å². The summed E-state index contributed by atoms with van der Waals surface area (Å²) in [5.41, 5.74) is 4.18. The fourth-order valence-corrected chi connectivity index (χ4v) is 3.77. The maximum atomic E-state index is 11.0. The monoisotopic (exact) mass is 394 g/mol. The van der Waals surface area contributed by atoms with Crippen molar-refractivity contribution in [2.75, 3.05) is 0 Å². The predicted octanol–water partition coefficient (Wildman–Crippen LogP) is 5.81. The van der Waals surface area contributed by atoms with E-state index in [1.54, 1.807) is 41.1 Å². The smallest absolute Gasteiger partial charge is 0.335 e. The van der Waals surface area contributed by atoms with Crippen molar-refractivity contribution in [1.82, 2.24) is 9.78 Å². The van der Waals surface area contributed by atoms with Crippen molar-refractivity contribution in [2.45, 2.75) is 13.8 Å². The van der Waals surface area contributed by atoms with Crippen molar-refractivity contribution >= 4 is 40.8 Å². The second-order valence-electron chi connectivity index (χ2n) is 5.56. The lowest BCUT2D eigenvalue weighted by Gasteiger charge is -2.10. The van der Waals surface area contributed by atoms with Gasteiger partial charge in [0.1, 0.15) is 5.69 Å². The van der Waals surface area contributed by atoms with Crippen LogP contribution in [0.1, 0.15) is 21.7 Å².